The number of esters is 1. The minimum Gasteiger partial charge on any atom is -0.497 e. The van der Waals surface area contributed by atoms with Crippen LogP contribution in [0.4, 0.5) is 4.79 Å². The van der Waals surface area contributed by atoms with E-state index in [4.69, 9.17) is 19.3 Å². The summed E-state index contributed by atoms with van der Waals surface area (Å²) in [6.07, 6.45) is 0.0171. The molecule has 8 heteroatoms. The fraction of sp³-hybridized carbons (Fsp3) is 0.571. The van der Waals surface area contributed by atoms with Crippen LogP contribution < -0.4 is 4.74 Å². The molecule has 1 N–H and O–H groups in total. The van der Waals surface area contributed by atoms with Crippen molar-refractivity contribution in [3.63, 3.8) is 0 Å². The highest BCUT2D eigenvalue weighted by atomic mass is 16.6. The Morgan fingerprint density at radius 1 is 1.14 bits per heavy atom. The highest BCUT2D eigenvalue weighted by Crippen LogP contribution is 2.23. The number of methoxy groups -OCH3 is 2. The van der Waals surface area contributed by atoms with Crippen LogP contribution in [-0.4, -0.2) is 54.9 Å². The van der Waals surface area contributed by atoms with Gasteiger partial charge in [0.25, 0.3) is 0 Å². The predicted molar refractivity (Wildman–Crippen MR) is 107 cm³/mol. The molecule has 0 aliphatic rings. The lowest BCUT2D eigenvalue weighted by molar-refractivity contribution is -0.150. The molecule has 0 bridgehead atoms. The monoisotopic (exact) mass is 409 g/mol. The van der Waals surface area contributed by atoms with Gasteiger partial charge in [0.1, 0.15) is 11.4 Å². The predicted octanol–water partition coefficient (Wildman–Crippen LogP) is 3.26. The van der Waals surface area contributed by atoms with E-state index in [1.54, 1.807) is 41.0 Å². The molecule has 1 atom stereocenters. The number of benzene rings is 1. The highest BCUT2D eigenvalue weighted by Gasteiger charge is 2.24. The average molecular weight is 409 g/mol. The van der Waals surface area contributed by atoms with Crippen LogP contribution in [0.2, 0.25) is 0 Å². The second kappa shape index (κ2) is 10.7. The summed E-state index contributed by atoms with van der Waals surface area (Å²) in [4.78, 5) is 36.7. The van der Waals surface area contributed by atoms with Crippen LogP contribution in [0.5, 0.6) is 5.75 Å². The van der Waals surface area contributed by atoms with Gasteiger partial charge >= 0.3 is 18.0 Å². The number of hydrogen-bond acceptors (Lipinski definition) is 6. The number of nitrogens with zero attached hydrogens (tertiary/aromatic N) is 1. The summed E-state index contributed by atoms with van der Waals surface area (Å²) < 4.78 is 15.4. The molecule has 0 radical (unpaired) electrons. The number of carbonyl (C=O) groups excluding carboxylic acids is 2. The second-order valence-electron chi connectivity index (χ2n) is 7.83. The number of carboxylic acids is 1. The first-order valence-corrected chi connectivity index (χ1v) is 9.36. The quantitative estimate of drug-likeness (QED) is 0.625. The summed E-state index contributed by atoms with van der Waals surface area (Å²) in [7, 11) is 4.43. The first-order chi connectivity index (χ1) is 13.5. The number of aliphatic carboxylic acids is 1. The minimum atomic E-state index is -1.06. The van der Waals surface area contributed by atoms with E-state index in [0.717, 1.165) is 11.1 Å². The summed E-state index contributed by atoms with van der Waals surface area (Å²) >= 11 is 0. The van der Waals surface area contributed by atoms with E-state index in [9.17, 15) is 14.4 Å². The zero-order chi connectivity index (χ0) is 22.2. The van der Waals surface area contributed by atoms with Crippen LogP contribution in [0.15, 0.2) is 18.2 Å². The summed E-state index contributed by atoms with van der Waals surface area (Å²) in [5, 5.41) is 9.04. The lowest BCUT2D eigenvalue weighted by Gasteiger charge is -2.25. The van der Waals surface area contributed by atoms with Crippen LogP contribution in [-0.2, 0) is 32.0 Å². The van der Waals surface area contributed by atoms with Gasteiger partial charge in [0.05, 0.1) is 26.6 Å². The van der Waals surface area contributed by atoms with E-state index >= 15 is 0 Å². The zero-order valence-electron chi connectivity index (χ0n) is 18.0. The Morgan fingerprint density at radius 3 is 2.31 bits per heavy atom. The van der Waals surface area contributed by atoms with Gasteiger partial charge in [-0.25, -0.2) is 4.79 Å². The molecule has 1 unspecified atom stereocenters. The van der Waals surface area contributed by atoms with Gasteiger partial charge in [-0.2, -0.15) is 0 Å². The minimum absolute atomic E-state index is 0.281. The van der Waals surface area contributed by atoms with Gasteiger partial charge in [0, 0.05) is 13.6 Å². The first-order valence-electron chi connectivity index (χ1n) is 9.36. The van der Waals surface area contributed by atoms with Crippen molar-refractivity contribution in [2.24, 2.45) is 5.92 Å². The van der Waals surface area contributed by atoms with Crippen LogP contribution in [0.1, 0.15) is 44.7 Å². The molecule has 0 aliphatic heterocycles. The van der Waals surface area contributed by atoms with Crippen molar-refractivity contribution in [2.45, 2.75) is 52.2 Å². The van der Waals surface area contributed by atoms with E-state index < -0.39 is 29.6 Å². The molecule has 0 aliphatic carbocycles. The van der Waals surface area contributed by atoms with E-state index in [1.807, 2.05) is 12.1 Å². The molecule has 1 rings (SSSR count). The number of aryl methyl sites for hydroxylation is 1. The van der Waals surface area contributed by atoms with Crippen molar-refractivity contribution >= 4 is 18.0 Å². The third-order valence-corrected chi connectivity index (χ3v) is 4.24. The first kappa shape index (κ1) is 24.3. The summed E-state index contributed by atoms with van der Waals surface area (Å²) in [6.45, 7) is 5.67. The Kier molecular flexibility index (Phi) is 8.94. The molecule has 162 valence electrons. The molecule has 0 saturated heterocycles. The smallest absolute Gasteiger partial charge is 0.410 e. The normalized spacial score (nSPS) is 12.1. The zero-order valence-corrected chi connectivity index (χ0v) is 18.0. The molecular formula is C21H31NO7. The van der Waals surface area contributed by atoms with E-state index in [0.29, 0.717) is 18.6 Å². The standard InChI is InChI=1S/C21H31NO7/c1-21(2,3)29-20(26)22(4)13-16-11-17(27-5)10-9-14(16)7-8-15(12-18(23)24)19(25)28-6/h9-11,15H,7-8,12-13H2,1-6H3,(H,23,24). The van der Waals surface area contributed by atoms with E-state index in [1.165, 1.54) is 12.0 Å². The molecule has 29 heavy (non-hydrogen) atoms. The van der Waals surface area contributed by atoms with Crippen molar-refractivity contribution in [3.8, 4) is 5.75 Å². The van der Waals surface area contributed by atoms with E-state index in [2.05, 4.69) is 0 Å². The summed E-state index contributed by atoms with van der Waals surface area (Å²) in [5.74, 6) is -1.71. The van der Waals surface area contributed by atoms with Gasteiger partial charge in [0.15, 0.2) is 0 Å². The van der Waals surface area contributed by atoms with Crippen LogP contribution >= 0.6 is 0 Å². The molecule has 0 saturated carbocycles. The molecular weight excluding hydrogens is 378 g/mol. The third-order valence-electron chi connectivity index (χ3n) is 4.24. The molecule has 8 nitrogen and oxygen atoms in total. The third kappa shape index (κ3) is 8.41. The fourth-order valence-corrected chi connectivity index (χ4v) is 2.79. The number of carbonyl (C=O) groups is 3. The Morgan fingerprint density at radius 2 is 1.79 bits per heavy atom. The number of ether oxygens (including phenoxy) is 3. The summed E-state index contributed by atoms with van der Waals surface area (Å²) in [6, 6.07) is 5.46. The van der Waals surface area contributed by atoms with Crippen molar-refractivity contribution < 1.29 is 33.7 Å². The van der Waals surface area contributed by atoms with Crippen molar-refractivity contribution in [3.05, 3.63) is 29.3 Å². The molecule has 1 aromatic rings. The average Bonchev–Trinajstić information content (AvgIpc) is 2.63. The van der Waals surface area contributed by atoms with Gasteiger partial charge < -0.3 is 24.2 Å². The SMILES string of the molecule is COC(=O)C(CCc1ccc(OC)cc1CN(C)C(=O)OC(C)(C)C)CC(=O)O. The molecule has 1 amide bonds. The lowest BCUT2D eigenvalue weighted by Crippen LogP contribution is -2.34. The maximum atomic E-state index is 12.3. The maximum absolute atomic E-state index is 12.3. The number of hydrogen-bond donors (Lipinski definition) is 1. The lowest BCUT2D eigenvalue weighted by atomic mass is 9.94. The van der Waals surface area contributed by atoms with Crippen molar-refractivity contribution in [1.29, 1.82) is 0 Å². The van der Waals surface area contributed by atoms with Gasteiger partial charge in [-0.3, -0.25) is 9.59 Å². The Labute approximate surface area is 171 Å². The number of rotatable bonds is 9. The van der Waals surface area contributed by atoms with Gasteiger partial charge in [-0.1, -0.05) is 6.07 Å². The largest absolute Gasteiger partial charge is 0.497 e. The molecule has 1 aromatic carbocycles. The molecule has 0 fully saturated rings. The Balaban J connectivity index is 2.99. The van der Waals surface area contributed by atoms with Crippen LogP contribution in [0, 0.1) is 5.92 Å². The Hall–Kier alpha value is -2.77. The highest BCUT2D eigenvalue weighted by molar-refractivity contribution is 5.79. The molecule has 0 spiro atoms. The van der Waals surface area contributed by atoms with E-state index in [-0.39, 0.29) is 13.0 Å². The van der Waals surface area contributed by atoms with Crippen LogP contribution in [0.3, 0.4) is 0 Å². The Bertz CT molecular complexity index is 724. The molecule has 0 heterocycles. The maximum Gasteiger partial charge on any atom is 0.410 e. The molecule has 0 aromatic heterocycles. The van der Waals surface area contributed by atoms with Crippen LogP contribution in [0.25, 0.3) is 0 Å². The van der Waals surface area contributed by atoms with Crippen molar-refractivity contribution in [1.82, 2.24) is 4.90 Å². The topological polar surface area (TPSA) is 102 Å². The van der Waals surface area contributed by atoms with Gasteiger partial charge in [-0.05, 0) is 56.9 Å². The van der Waals surface area contributed by atoms with Crippen molar-refractivity contribution in [2.75, 3.05) is 21.3 Å². The van der Waals surface area contributed by atoms with Gasteiger partial charge in [0.2, 0.25) is 0 Å². The summed E-state index contributed by atoms with van der Waals surface area (Å²) in [5.41, 5.74) is 1.12. The van der Waals surface area contributed by atoms with Gasteiger partial charge in [-0.15, -0.1) is 0 Å². The second-order valence-corrected chi connectivity index (χ2v) is 7.83. The number of amides is 1. The fourth-order valence-electron chi connectivity index (χ4n) is 2.79. The number of carboxylic acid groups (broad SMARTS) is 1.